The maximum Gasteiger partial charge on any atom is 0.258 e. The number of hydrogen-bond acceptors (Lipinski definition) is 4. The minimum Gasteiger partial charge on any atom is -0.326 e. The Morgan fingerprint density at radius 1 is 0.842 bits per heavy atom. The average molecular weight is 498 g/mol. The van der Waals surface area contributed by atoms with Gasteiger partial charge in [0.2, 0.25) is 0 Å². The minimum absolute atomic E-state index is 0.196. The van der Waals surface area contributed by atoms with Gasteiger partial charge in [0.05, 0.1) is 11.1 Å². The Morgan fingerprint density at radius 3 is 2.26 bits per heavy atom. The Morgan fingerprint density at radius 2 is 1.53 bits per heavy atom. The summed E-state index contributed by atoms with van der Waals surface area (Å²) in [5, 5.41) is 5.96. The van der Waals surface area contributed by atoms with Crippen LogP contribution in [0.4, 0.5) is 11.4 Å². The molecule has 2 aromatic carbocycles. The molecule has 2 N–H and O–H groups in total. The number of fused-ring (bicyclic) bond motifs is 1. The standard InChI is InChI=1S/C31H23N5O2/c1-20-28(31(38)34-23-12-16-33-17-13-23)25(21-6-3-2-4-7-21)18-36(20)19-26-29-24(22-10-14-32-15-11-22)8-5-9-27(29)35-30(26)37/h2-19H,1H3,(H,35,37)(H,33,34,38). The van der Waals surface area contributed by atoms with E-state index in [1.165, 1.54) is 0 Å². The zero-order valence-electron chi connectivity index (χ0n) is 20.6. The zero-order chi connectivity index (χ0) is 26.1. The number of anilines is 2. The fourth-order valence-electron chi connectivity index (χ4n) is 4.79. The lowest BCUT2D eigenvalue weighted by molar-refractivity contribution is -0.110. The molecule has 1 aliphatic rings. The van der Waals surface area contributed by atoms with E-state index in [2.05, 4.69) is 20.6 Å². The molecule has 3 aromatic heterocycles. The molecule has 184 valence electrons. The lowest BCUT2D eigenvalue weighted by Crippen LogP contribution is -2.14. The van der Waals surface area contributed by atoms with Crippen molar-refractivity contribution in [2.45, 2.75) is 6.92 Å². The summed E-state index contributed by atoms with van der Waals surface area (Å²) in [6, 6.07) is 22.9. The number of nitrogens with zero attached hydrogens (tertiary/aromatic N) is 3. The monoisotopic (exact) mass is 497 g/mol. The molecule has 0 unspecified atom stereocenters. The van der Waals surface area contributed by atoms with Crippen molar-refractivity contribution < 1.29 is 9.59 Å². The molecule has 0 saturated heterocycles. The number of rotatable bonds is 5. The van der Waals surface area contributed by atoms with Gasteiger partial charge in [-0.15, -0.1) is 0 Å². The third-order valence-corrected chi connectivity index (χ3v) is 6.62. The van der Waals surface area contributed by atoms with Gasteiger partial charge in [-0.25, -0.2) is 0 Å². The summed E-state index contributed by atoms with van der Waals surface area (Å²) in [4.78, 5) is 34.9. The van der Waals surface area contributed by atoms with E-state index in [4.69, 9.17) is 0 Å². The van der Waals surface area contributed by atoms with E-state index in [9.17, 15) is 9.59 Å². The van der Waals surface area contributed by atoms with Crippen molar-refractivity contribution in [2.75, 3.05) is 10.6 Å². The van der Waals surface area contributed by atoms with Gasteiger partial charge in [-0.2, -0.15) is 0 Å². The van der Waals surface area contributed by atoms with Crippen molar-refractivity contribution in [1.82, 2.24) is 14.5 Å². The number of aromatic nitrogens is 3. The van der Waals surface area contributed by atoms with Crippen LogP contribution in [0.2, 0.25) is 0 Å². The van der Waals surface area contributed by atoms with Crippen LogP contribution in [0, 0.1) is 6.92 Å². The second kappa shape index (κ2) is 9.63. The second-order valence-electron chi connectivity index (χ2n) is 8.93. The van der Waals surface area contributed by atoms with E-state index >= 15 is 0 Å². The Kier molecular flexibility index (Phi) is 5.86. The number of carbonyl (C=O) groups is 2. The zero-order valence-corrected chi connectivity index (χ0v) is 20.6. The van der Waals surface area contributed by atoms with E-state index < -0.39 is 0 Å². The highest BCUT2D eigenvalue weighted by atomic mass is 16.2. The Balaban J connectivity index is 1.50. The number of nitrogens with one attached hydrogen (secondary N) is 2. The van der Waals surface area contributed by atoms with E-state index in [1.54, 1.807) is 43.1 Å². The summed E-state index contributed by atoms with van der Waals surface area (Å²) >= 11 is 0. The van der Waals surface area contributed by atoms with Crippen molar-refractivity contribution in [3.05, 3.63) is 121 Å². The maximum absolute atomic E-state index is 13.5. The minimum atomic E-state index is -0.238. The molecule has 0 fully saturated rings. The summed E-state index contributed by atoms with van der Waals surface area (Å²) in [6.45, 7) is 1.88. The molecular formula is C31H23N5O2. The normalized spacial score (nSPS) is 13.3. The first-order chi connectivity index (χ1) is 18.6. The Bertz CT molecular complexity index is 1690. The van der Waals surface area contributed by atoms with Crippen LogP contribution in [-0.4, -0.2) is 26.3 Å². The van der Waals surface area contributed by atoms with Gasteiger partial charge in [0, 0.05) is 65.4 Å². The highest BCUT2D eigenvalue weighted by Gasteiger charge is 2.28. The number of benzene rings is 2. The van der Waals surface area contributed by atoms with Gasteiger partial charge in [-0.05, 0) is 53.9 Å². The van der Waals surface area contributed by atoms with Crippen LogP contribution in [0.1, 0.15) is 21.6 Å². The Hall–Kier alpha value is -5.30. The van der Waals surface area contributed by atoms with Crippen LogP contribution in [0.5, 0.6) is 0 Å². The quantitative estimate of drug-likeness (QED) is 0.286. The molecule has 2 amide bonds. The molecule has 0 spiro atoms. The van der Waals surface area contributed by atoms with Crippen molar-refractivity contribution in [3.63, 3.8) is 0 Å². The van der Waals surface area contributed by atoms with Gasteiger partial charge in [-0.1, -0.05) is 42.5 Å². The van der Waals surface area contributed by atoms with Crippen LogP contribution in [0.3, 0.4) is 0 Å². The molecule has 6 rings (SSSR count). The topological polar surface area (TPSA) is 88.9 Å². The lowest BCUT2D eigenvalue weighted by Gasteiger charge is -2.09. The molecule has 7 nitrogen and oxygen atoms in total. The van der Waals surface area contributed by atoms with Gasteiger partial charge < -0.3 is 15.2 Å². The molecule has 38 heavy (non-hydrogen) atoms. The number of amides is 2. The highest BCUT2D eigenvalue weighted by Crippen LogP contribution is 2.40. The molecule has 0 aliphatic carbocycles. The van der Waals surface area contributed by atoms with E-state index in [0.717, 1.165) is 33.5 Å². The molecular weight excluding hydrogens is 474 g/mol. The molecule has 0 saturated carbocycles. The van der Waals surface area contributed by atoms with Crippen molar-refractivity contribution >= 4 is 35.0 Å². The fraction of sp³-hybridized carbons (Fsp3) is 0.0323. The largest absolute Gasteiger partial charge is 0.326 e. The second-order valence-corrected chi connectivity index (χ2v) is 8.93. The maximum atomic E-state index is 13.5. The molecule has 7 heteroatoms. The van der Waals surface area contributed by atoms with Crippen LogP contribution >= 0.6 is 0 Å². The molecule has 0 radical (unpaired) electrons. The number of pyridine rings is 2. The van der Waals surface area contributed by atoms with Crippen molar-refractivity contribution in [2.24, 2.45) is 0 Å². The predicted octanol–water partition coefficient (Wildman–Crippen LogP) is 6.12. The molecule has 0 bridgehead atoms. The molecule has 5 aromatic rings. The third kappa shape index (κ3) is 4.16. The summed E-state index contributed by atoms with van der Waals surface area (Å²) < 4.78 is 1.86. The van der Waals surface area contributed by atoms with Crippen molar-refractivity contribution in [1.29, 1.82) is 0 Å². The van der Waals surface area contributed by atoms with E-state index in [-0.39, 0.29) is 11.8 Å². The van der Waals surface area contributed by atoms with E-state index in [0.29, 0.717) is 22.5 Å². The number of hydrogen-bond donors (Lipinski definition) is 2. The van der Waals surface area contributed by atoms with Gasteiger partial charge in [0.1, 0.15) is 0 Å². The summed E-state index contributed by atoms with van der Waals surface area (Å²) in [7, 11) is 0. The summed E-state index contributed by atoms with van der Waals surface area (Å²) in [5.74, 6) is -0.433. The third-order valence-electron chi connectivity index (χ3n) is 6.62. The number of carbonyl (C=O) groups excluding carboxylic acids is 2. The first kappa shape index (κ1) is 23.1. The highest BCUT2D eigenvalue weighted by molar-refractivity contribution is 6.35. The summed E-state index contributed by atoms with van der Waals surface area (Å²) in [6.07, 6.45) is 10.4. The molecule has 0 atom stereocenters. The van der Waals surface area contributed by atoms with Gasteiger partial charge in [0.15, 0.2) is 0 Å². The SMILES string of the molecule is Cc1c(C(=O)Nc2ccncc2)c(-c2ccccc2)cn1C=C1C(=O)Nc2cccc(-c3ccncc3)c21. The van der Waals surface area contributed by atoms with Crippen LogP contribution in [0.15, 0.2) is 104 Å². The van der Waals surface area contributed by atoms with Gasteiger partial charge >= 0.3 is 0 Å². The lowest BCUT2D eigenvalue weighted by atomic mass is 9.96. The predicted molar refractivity (Wildman–Crippen MR) is 149 cm³/mol. The first-order valence-electron chi connectivity index (χ1n) is 12.2. The molecule has 4 heterocycles. The van der Waals surface area contributed by atoms with Crippen LogP contribution in [-0.2, 0) is 4.79 Å². The first-order valence-corrected chi connectivity index (χ1v) is 12.2. The van der Waals surface area contributed by atoms with Gasteiger partial charge in [0.25, 0.3) is 11.8 Å². The van der Waals surface area contributed by atoms with Crippen LogP contribution in [0.25, 0.3) is 34.0 Å². The smallest absolute Gasteiger partial charge is 0.258 e. The van der Waals surface area contributed by atoms with E-state index in [1.807, 2.05) is 78.4 Å². The summed E-state index contributed by atoms with van der Waals surface area (Å²) in [5.41, 5.74) is 7.56. The average Bonchev–Trinajstić information content (AvgIpc) is 3.46. The van der Waals surface area contributed by atoms with Crippen LogP contribution < -0.4 is 10.6 Å². The van der Waals surface area contributed by atoms with Crippen molar-refractivity contribution in [3.8, 4) is 22.3 Å². The fourth-order valence-corrected chi connectivity index (χ4v) is 4.79. The Labute approximate surface area is 219 Å². The molecule has 1 aliphatic heterocycles. The van der Waals surface area contributed by atoms with Gasteiger partial charge in [-0.3, -0.25) is 19.6 Å².